The lowest BCUT2D eigenvalue weighted by molar-refractivity contribution is -0.136. The van der Waals surface area contributed by atoms with Gasteiger partial charge in [0.15, 0.2) is 0 Å². The minimum Gasteiger partial charge on any atom is -0.481 e. The van der Waals surface area contributed by atoms with Crippen molar-refractivity contribution in [2.24, 2.45) is 11.3 Å². The summed E-state index contributed by atoms with van der Waals surface area (Å²) >= 11 is 0. The van der Waals surface area contributed by atoms with Gasteiger partial charge in [0.25, 0.3) is 0 Å². The topological polar surface area (TPSA) is 76.4 Å². The summed E-state index contributed by atoms with van der Waals surface area (Å²) in [5.74, 6) is 0.521. The Labute approximate surface area is 197 Å². The zero-order chi connectivity index (χ0) is 24.5. The van der Waals surface area contributed by atoms with Crippen molar-refractivity contribution in [3.63, 3.8) is 0 Å². The fraction of sp³-hybridized carbons (Fsp3) is 0.462. The maximum absolute atomic E-state index is 12.5. The molecule has 2 N–H and O–H groups in total. The number of carboxylic acids is 1. The van der Waals surface area contributed by atoms with E-state index in [-0.39, 0.29) is 23.6 Å². The average Bonchev–Trinajstić information content (AvgIpc) is 3.09. The summed E-state index contributed by atoms with van der Waals surface area (Å²) in [5, 5.41) is 12.4. The quantitative estimate of drug-likeness (QED) is 0.378. The Morgan fingerprint density at radius 1 is 1.24 bits per heavy atom. The van der Waals surface area contributed by atoms with Gasteiger partial charge in [0.2, 0.25) is 5.95 Å². The summed E-state index contributed by atoms with van der Waals surface area (Å²) in [6.07, 6.45) is 3.73. The van der Waals surface area contributed by atoms with Gasteiger partial charge in [-0.15, -0.1) is 0 Å². The molecule has 0 amide bonds. The highest BCUT2D eigenvalue weighted by Gasteiger charge is 2.34. The van der Waals surface area contributed by atoms with Crippen LogP contribution in [0.1, 0.15) is 58.1 Å². The molecule has 1 aliphatic carbocycles. The number of halogens is 2. The number of nitrogens with one attached hydrogen (secondary N) is 1. The normalized spacial score (nSPS) is 19.9. The number of ether oxygens (including phenoxy) is 1. The lowest BCUT2D eigenvalue weighted by Gasteiger charge is -2.40. The third-order valence-electron chi connectivity index (χ3n) is 6.45. The highest BCUT2D eigenvalue weighted by atomic mass is 19.3. The molecular formula is C26H31F2N3O3. The lowest BCUT2D eigenvalue weighted by atomic mass is 9.70. The standard InChI is InChI=1S/C26H31F2N3O3/c1-16-12-19(15-26(2,3)14-16)31-22-10-4-17(5-11-23(32)33)13-21(22)30-25(31)29-18-6-8-20(9-7-18)34-24(27)28/h4,6-10,13,16,19,24H,5,11-12,14-15H2,1-3H3,(H,29,30)(H,32,33)/t16-,19+/m1/s1. The van der Waals surface area contributed by atoms with Gasteiger partial charge in [0.05, 0.1) is 11.0 Å². The Kier molecular flexibility index (Phi) is 6.77. The Bertz CT molecular complexity index is 1160. The number of anilines is 2. The number of aromatic nitrogens is 2. The number of hydrogen-bond donors (Lipinski definition) is 2. The van der Waals surface area contributed by atoms with E-state index < -0.39 is 12.6 Å². The van der Waals surface area contributed by atoms with Gasteiger partial charge < -0.3 is 19.7 Å². The van der Waals surface area contributed by atoms with Crippen LogP contribution in [0.5, 0.6) is 5.75 Å². The second-order valence-electron chi connectivity index (χ2n) is 10.1. The third kappa shape index (κ3) is 5.66. The number of fused-ring (bicyclic) bond motifs is 1. The summed E-state index contributed by atoms with van der Waals surface area (Å²) in [7, 11) is 0. The van der Waals surface area contributed by atoms with Crippen LogP contribution in [0.2, 0.25) is 0 Å². The van der Waals surface area contributed by atoms with Gasteiger partial charge in [0.1, 0.15) is 5.75 Å². The molecule has 0 unspecified atom stereocenters. The van der Waals surface area contributed by atoms with E-state index in [2.05, 4.69) is 35.4 Å². The molecule has 0 spiro atoms. The Hall–Kier alpha value is -3.16. The van der Waals surface area contributed by atoms with Gasteiger partial charge in [-0.25, -0.2) is 4.98 Å². The summed E-state index contributed by atoms with van der Waals surface area (Å²) < 4.78 is 31.7. The molecule has 2 atom stereocenters. The first-order valence-corrected chi connectivity index (χ1v) is 11.6. The maximum atomic E-state index is 12.5. The van der Waals surface area contributed by atoms with E-state index in [4.69, 9.17) is 10.1 Å². The van der Waals surface area contributed by atoms with Crippen LogP contribution >= 0.6 is 0 Å². The predicted molar refractivity (Wildman–Crippen MR) is 128 cm³/mol. The molecule has 182 valence electrons. The lowest BCUT2D eigenvalue weighted by Crippen LogP contribution is -2.29. The number of carboxylic acid groups (broad SMARTS) is 1. The van der Waals surface area contributed by atoms with E-state index in [1.54, 1.807) is 12.1 Å². The molecule has 8 heteroatoms. The van der Waals surface area contributed by atoms with Crippen LogP contribution in [0.4, 0.5) is 20.4 Å². The second kappa shape index (κ2) is 9.60. The van der Waals surface area contributed by atoms with Crippen LogP contribution in [-0.2, 0) is 11.2 Å². The predicted octanol–water partition coefficient (Wildman–Crippen LogP) is 6.79. The summed E-state index contributed by atoms with van der Waals surface area (Å²) in [5.41, 5.74) is 3.64. The van der Waals surface area contributed by atoms with Crippen molar-refractivity contribution >= 4 is 28.6 Å². The van der Waals surface area contributed by atoms with Crippen molar-refractivity contribution in [1.29, 1.82) is 0 Å². The van der Waals surface area contributed by atoms with E-state index >= 15 is 0 Å². The van der Waals surface area contributed by atoms with E-state index in [0.717, 1.165) is 29.4 Å². The van der Waals surface area contributed by atoms with Crippen molar-refractivity contribution in [3.8, 4) is 5.75 Å². The minimum atomic E-state index is -2.87. The monoisotopic (exact) mass is 471 g/mol. The molecule has 1 aromatic heterocycles. The van der Waals surface area contributed by atoms with Crippen LogP contribution < -0.4 is 10.1 Å². The van der Waals surface area contributed by atoms with Gasteiger partial charge in [-0.05, 0) is 79.0 Å². The largest absolute Gasteiger partial charge is 0.481 e. The number of aryl methyl sites for hydroxylation is 1. The van der Waals surface area contributed by atoms with E-state index in [0.29, 0.717) is 24.0 Å². The molecule has 4 rings (SSSR count). The minimum absolute atomic E-state index is 0.0681. The zero-order valence-electron chi connectivity index (χ0n) is 19.7. The van der Waals surface area contributed by atoms with Crippen LogP contribution in [0.15, 0.2) is 42.5 Å². The first-order valence-electron chi connectivity index (χ1n) is 11.6. The molecule has 2 aromatic carbocycles. The molecule has 34 heavy (non-hydrogen) atoms. The highest BCUT2D eigenvalue weighted by Crippen LogP contribution is 2.46. The molecule has 1 aliphatic rings. The number of nitrogens with zero attached hydrogens (tertiary/aromatic N) is 2. The van der Waals surface area contributed by atoms with Crippen molar-refractivity contribution in [2.45, 2.75) is 65.5 Å². The molecule has 0 saturated heterocycles. The molecule has 1 saturated carbocycles. The first kappa shape index (κ1) is 24.0. The summed E-state index contributed by atoms with van der Waals surface area (Å²) in [6, 6.07) is 12.6. The van der Waals surface area contributed by atoms with Crippen molar-refractivity contribution in [1.82, 2.24) is 9.55 Å². The first-order chi connectivity index (χ1) is 16.1. The van der Waals surface area contributed by atoms with Gasteiger partial charge in [-0.3, -0.25) is 4.79 Å². The SMILES string of the molecule is C[C@@H]1C[C@H](n2c(Nc3ccc(OC(F)F)cc3)nc3cc(CCC(=O)O)ccc32)CC(C)(C)C1. The fourth-order valence-corrected chi connectivity index (χ4v) is 5.35. The average molecular weight is 472 g/mol. The van der Waals surface area contributed by atoms with E-state index in [9.17, 15) is 13.6 Å². The molecule has 1 heterocycles. The molecule has 3 aromatic rings. The van der Waals surface area contributed by atoms with Gasteiger partial charge >= 0.3 is 12.6 Å². The summed E-state index contributed by atoms with van der Waals surface area (Å²) in [4.78, 5) is 15.9. The summed E-state index contributed by atoms with van der Waals surface area (Å²) in [6.45, 7) is 4.02. The van der Waals surface area contributed by atoms with E-state index in [1.807, 2.05) is 18.2 Å². The van der Waals surface area contributed by atoms with Crippen molar-refractivity contribution < 1.29 is 23.4 Å². The zero-order valence-corrected chi connectivity index (χ0v) is 19.7. The number of benzene rings is 2. The van der Waals surface area contributed by atoms with Crippen molar-refractivity contribution in [3.05, 3.63) is 48.0 Å². The number of imidazole rings is 1. The molecular weight excluding hydrogens is 440 g/mol. The maximum Gasteiger partial charge on any atom is 0.387 e. The van der Waals surface area contributed by atoms with Gasteiger partial charge in [0, 0.05) is 18.2 Å². The smallest absolute Gasteiger partial charge is 0.387 e. The Balaban J connectivity index is 1.71. The molecule has 1 fully saturated rings. The number of alkyl halides is 2. The van der Waals surface area contributed by atoms with Crippen LogP contribution in [0.3, 0.4) is 0 Å². The van der Waals surface area contributed by atoms with E-state index in [1.165, 1.54) is 18.6 Å². The van der Waals surface area contributed by atoms with Gasteiger partial charge in [-0.1, -0.05) is 26.8 Å². The van der Waals surface area contributed by atoms with Crippen LogP contribution in [0, 0.1) is 11.3 Å². The number of hydrogen-bond acceptors (Lipinski definition) is 4. The molecule has 0 radical (unpaired) electrons. The number of carbonyl (C=O) groups is 1. The number of aliphatic carboxylic acids is 1. The fourth-order valence-electron chi connectivity index (χ4n) is 5.35. The second-order valence-corrected chi connectivity index (χ2v) is 10.1. The third-order valence-corrected chi connectivity index (χ3v) is 6.45. The highest BCUT2D eigenvalue weighted by molar-refractivity contribution is 5.81. The van der Waals surface area contributed by atoms with Crippen LogP contribution in [-0.4, -0.2) is 27.2 Å². The van der Waals surface area contributed by atoms with Crippen molar-refractivity contribution in [2.75, 3.05) is 5.32 Å². The molecule has 6 nitrogen and oxygen atoms in total. The number of rotatable bonds is 8. The van der Waals surface area contributed by atoms with Crippen LogP contribution in [0.25, 0.3) is 11.0 Å². The van der Waals surface area contributed by atoms with Gasteiger partial charge in [-0.2, -0.15) is 8.78 Å². The molecule has 0 aliphatic heterocycles. The Morgan fingerprint density at radius 2 is 1.97 bits per heavy atom. The molecule has 0 bridgehead atoms. The Morgan fingerprint density at radius 3 is 2.62 bits per heavy atom.